The van der Waals surface area contributed by atoms with E-state index in [1.54, 1.807) is 31.4 Å². The van der Waals surface area contributed by atoms with Crippen molar-refractivity contribution in [3.8, 4) is 17.2 Å². The average Bonchev–Trinajstić information content (AvgIpc) is 2.82. The highest BCUT2D eigenvalue weighted by Gasteiger charge is 2.17. The second-order valence-electron chi connectivity index (χ2n) is 6.96. The van der Waals surface area contributed by atoms with Gasteiger partial charge in [0.2, 0.25) is 0 Å². The average molecular weight is 490 g/mol. The Balaban J connectivity index is 1.79. The van der Waals surface area contributed by atoms with E-state index in [1.807, 2.05) is 0 Å². The van der Waals surface area contributed by atoms with Crippen LogP contribution in [0.15, 0.2) is 53.5 Å². The van der Waals surface area contributed by atoms with Crippen molar-refractivity contribution in [3.63, 3.8) is 0 Å². The molecule has 0 aliphatic rings. The van der Waals surface area contributed by atoms with Gasteiger partial charge in [-0.05, 0) is 30.3 Å². The van der Waals surface area contributed by atoms with Crippen LogP contribution in [0.5, 0.6) is 17.2 Å². The van der Waals surface area contributed by atoms with Crippen molar-refractivity contribution in [2.45, 2.75) is 13.2 Å². The second-order valence-corrected chi connectivity index (χ2v) is 7.72. The summed E-state index contributed by atoms with van der Waals surface area (Å²) in [6.07, 6.45) is 1.45. The van der Waals surface area contributed by atoms with Gasteiger partial charge in [0.1, 0.15) is 35.2 Å². The van der Waals surface area contributed by atoms with E-state index in [-0.39, 0.29) is 34.4 Å². The van der Waals surface area contributed by atoms with Crippen molar-refractivity contribution in [3.05, 3.63) is 86.4 Å². The van der Waals surface area contributed by atoms with E-state index in [4.69, 9.17) is 37.4 Å². The summed E-state index contributed by atoms with van der Waals surface area (Å²) in [7, 11) is 3.09. The van der Waals surface area contributed by atoms with E-state index in [9.17, 15) is 9.18 Å². The first-order valence-electron chi connectivity index (χ1n) is 9.74. The van der Waals surface area contributed by atoms with Gasteiger partial charge in [-0.15, -0.1) is 0 Å². The molecule has 2 aromatic heterocycles. The number of benzene rings is 2. The van der Waals surface area contributed by atoms with E-state index in [1.165, 1.54) is 36.1 Å². The summed E-state index contributed by atoms with van der Waals surface area (Å²) in [6, 6.07) is 10.8. The van der Waals surface area contributed by atoms with Gasteiger partial charge in [-0.25, -0.2) is 14.4 Å². The van der Waals surface area contributed by atoms with Gasteiger partial charge in [0.25, 0.3) is 5.56 Å². The van der Waals surface area contributed by atoms with Gasteiger partial charge >= 0.3 is 0 Å². The van der Waals surface area contributed by atoms with Crippen LogP contribution < -0.4 is 19.8 Å². The fourth-order valence-corrected chi connectivity index (χ4v) is 3.67. The molecular weight excluding hydrogens is 472 g/mol. The fraction of sp³-hybridized carbons (Fsp3) is 0.174. The molecule has 10 heteroatoms. The predicted octanol–water partition coefficient (Wildman–Crippen LogP) is 4.88. The van der Waals surface area contributed by atoms with Gasteiger partial charge < -0.3 is 14.2 Å². The molecule has 0 aliphatic heterocycles. The molecule has 0 radical (unpaired) electrons. The lowest BCUT2D eigenvalue weighted by molar-refractivity contribution is 0.287. The minimum atomic E-state index is -0.561. The zero-order chi connectivity index (χ0) is 23.5. The number of nitrogens with zero attached hydrogens (tertiary/aromatic N) is 3. The molecule has 2 heterocycles. The first-order valence-corrected chi connectivity index (χ1v) is 10.5. The van der Waals surface area contributed by atoms with Crippen LogP contribution >= 0.6 is 23.2 Å². The van der Waals surface area contributed by atoms with Crippen LogP contribution in [-0.2, 0) is 13.2 Å². The molecule has 0 unspecified atom stereocenters. The van der Waals surface area contributed by atoms with Gasteiger partial charge in [0.15, 0.2) is 11.0 Å². The van der Waals surface area contributed by atoms with Crippen molar-refractivity contribution < 1.29 is 18.6 Å². The Bertz CT molecular complexity index is 1390. The van der Waals surface area contributed by atoms with Crippen molar-refractivity contribution in [2.24, 2.45) is 0 Å². The summed E-state index contributed by atoms with van der Waals surface area (Å²) < 4.78 is 31.4. The standard InChI is InChI=1S/C23H18Cl2FN3O4/c1-31-14-4-3-13(19(10-14)32-2)11-29-20(12-33-15-5-6-18(26)17(24)9-15)28-21-16(23(29)30)7-8-27-22(21)25/h3-10H,11-12H2,1-2H3. The number of halogens is 3. The molecule has 0 saturated heterocycles. The lowest BCUT2D eigenvalue weighted by atomic mass is 10.1. The highest BCUT2D eigenvalue weighted by Crippen LogP contribution is 2.26. The monoisotopic (exact) mass is 489 g/mol. The van der Waals surface area contributed by atoms with Crippen LogP contribution in [0.25, 0.3) is 10.9 Å². The predicted molar refractivity (Wildman–Crippen MR) is 123 cm³/mol. The first kappa shape index (κ1) is 22.8. The zero-order valence-corrected chi connectivity index (χ0v) is 19.2. The third-order valence-corrected chi connectivity index (χ3v) is 5.56. The summed E-state index contributed by atoms with van der Waals surface area (Å²) >= 11 is 12.0. The van der Waals surface area contributed by atoms with E-state index in [2.05, 4.69) is 9.97 Å². The third-order valence-electron chi connectivity index (χ3n) is 4.99. The number of rotatable bonds is 7. The van der Waals surface area contributed by atoms with Gasteiger partial charge in [-0.3, -0.25) is 9.36 Å². The molecule has 0 atom stereocenters. The summed E-state index contributed by atoms with van der Waals surface area (Å²) in [5, 5.41) is 0.340. The Morgan fingerprint density at radius 1 is 1.03 bits per heavy atom. The van der Waals surface area contributed by atoms with Gasteiger partial charge in [0, 0.05) is 23.9 Å². The number of methoxy groups -OCH3 is 2. The van der Waals surface area contributed by atoms with E-state index in [0.717, 1.165) is 5.56 Å². The largest absolute Gasteiger partial charge is 0.497 e. The fourth-order valence-electron chi connectivity index (χ4n) is 3.30. The number of aromatic nitrogens is 3. The molecule has 4 aromatic rings. The van der Waals surface area contributed by atoms with Gasteiger partial charge in [-0.1, -0.05) is 23.2 Å². The van der Waals surface area contributed by atoms with E-state index >= 15 is 0 Å². The maximum Gasteiger partial charge on any atom is 0.261 e. The highest BCUT2D eigenvalue weighted by atomic mass is 35.5. The minimum Gasteiger partial charge on any atom is -0.497 e. The maximum absolute atomic E-state index is 13.5. The minimum absolute atomic E-state index is 0.0772. The number of fused-ring (bicyclic) bond motifs is 1. The summed E-state index contributed by atoms with van der Waals surface area (Å²) in [4.78, 5) is 21.9. The van der Waals surface area contributed by atoms with Crippen molar-refractivity contribution in [1.82, 2.24) is 14.5 Å². The van der Waals surface area contributed by atoms with Crippen LogP contribution in [-0.4, -0.2) is 28.8 Å². The van der Waals surface area contributed by atoms with Crippen LogP contribution in [0, 0.1) is 5.82 Å². The van der Waals surface area contributed by atoms with Crippen molar-refractivity contribution >= 4 is 34.1 Å². The topological polar surface area (TPSA) is 75.5 Å². The lowest BCUT2D eigenvalue weighted by Gasteiger charge is -2.17. The molecular formula is C23H18Cl2FN3O4. The molecule has 4 rings (SSSR count). The van der Waals surface area contributed by atoms with Crippen molar-refractivity contribution in [2.75, 3.05) is 14.2 Å². The SMILES string of the molecule is COc1ccc(Cn2c(COc3ccc(F)c(Cl)c3)nc3c(Cl)nccc3c2=O)c(OC)c1. The van der Waals surface area contributed by atoms with Crippen LogP contribution in [0.4, 0.5) is 4.39 Å². The molecule has 170 valence electrons. The first-order chi connectivity index (χ1) is 15.9. The quantitative estimate of drug-likeness (QED) is 0.344. The molecule has 0 saturated carbocycles. The van der Waals surface area contributed by atoms with Gasteiger partial charge in [0.05, 0.1) is 31.2 Å². The molecule has 0 N–H and O–H groups in total. The highest BCUT2D eigenvalue weighted by molar-refractivity contribution is 6.33. The zero-order valence-electron chi connectivity index (χ0n) is 17.6. The molecule has 2 aromatic carbocycles. The summed E-state index contributed by atoms with van der Waals surface area (Å²) in [5.41, 5.74) is 0.670. The Morgan fingerprint density at radius 2 is 1.82 bits per heavy atom. The molecule has 0 spiro atoms. The molecule has 0 aliphatic carbocycles. The Morgan fingerprint density at radius 3 is 2.55 bits per heavy atom. The van der Waals surface area contributed by atoms with Crippen LogP contribution in [0.2, 0.25) is 10.2 Å². The molecule has 0 fully saturated rings. The number of pyridine rings is 1. The molecule has 7 nitrogen and oxygen atoms in total. The lowest BCUT2D eigenvalue weighted by Crippen LogP contribution is -2.27. The van der Waals surface area contributed by atoms with E-state index < -0.39 is 5.82 Å². The normalized spacial score (nSPS) is 10.9. The maximum atomic E-state index is 13.5. The van der Waals surface area contributed by atoms with Crippen molar-refractivity contribution in [1.29, 1.82) is 0 Å². The Kier molecular flexibility index (Phi) is 6.67. The van der Waals surface area contributed by atoms with Crippen LogP contribution in [0.3, 0.4) is 0 Å². The number of ether oxygens (including phenoxy) is 3. The smallest absolute Gasteiger partial charge is 0.261 e. The van der Waals surface area contributed by atoms with Crippen LogP contribution in [0.1, 0.15) is 11.4 Å². The van der Waals surface area contributed by atoms with E-state index in [0.29, 0.717) is 28.5 Å². The molecule has 33 heavy (non-hydrogen) atoms. The number of hydrogen-bond donors (Lipinski definition) is 0. The Labute approximate surface area is 198 Å². The van der Waals surface area contributed by atoms with Gasteiger partial charge in [-0.2, -0.15) is 0 Å². The Hall–Kier alpha value is -3.36. The second kappa shape index (κ2) is 9.64. The molecule has 0 bridgehead atoms. The number of hydrogen-bond acceptors (Lipinski definition) is 6. The summed E-state index contributed by atoms with van der Waals surface area (Å²) in [5.74, 6) is 1.22. The molecule has 0 amide bonds. The summed E-state index contributed by atoms with van der Waals surface area (Å²) in [6.45, 7) is 0.0502. The third kappa shape index (κ3) is 4.72.